The molecule has 3 aliphatic rings. The number of esters is 1. The van der Waals surface area contributed by atoms with Crippen molar-refractivity contribution in [3.05, 3.63) is 66.2 Å². The Kier molecular flexibility index (Phi) is 24.0. The fraction of sp³-hybridized carbons (Fsp3) is 0.557. The van der Waals surface area contributed by atoms with Crippen LogP contribution < -0.4 is 34.9 Å². The summed E-state index contributed by atoms with van der Waals surface area (Å²) in [5.41, 5.74) is -3.79. The summed E-state index contributed by atoms with van der Waals surface area (Å²) in [6, 6.07) is 11.3. The van der Waals surface area contributed by atoms with E-state index in [1.165, 1.54) is 104 Å². The number of carbonyl (C=O) groups is 9. The molecule has 22 nitrogen and oxygen atoms in total. The normalized spacial score (nSPS) is 16.5. The maximum atomic E-state index is 13.9. The molecule has 0 aromatic heterocycles. The summed E-state index contributed by atoms with van der Waals surface area (Å²) in [4.78, 5) is 121. The van der Waals surface area contributed by atoms with Crippen LogP contribution in [-0.4, -0.2) is 118 Å². The van der Waals surface area contributed by atoms with Crippen LogP contribution in [0, 0.1) is 10.8 Å². The molecule has 2 heterocycles. The van der Waals surface area contributed by atoms with E-state index in [0.717, 1.165) is 43.4 Å². The van der Waals surface area contributed by atoms with E-state index < -0.39 is 98.6 Å². The predicted octanol–water partition coefficient (Wildman–Crippen LogP) is 10.8. The molecule has 3 fully saturated rings. The zero-order chi connectivity index (χ0) is 62.2. The lowest BCUT2D eigenvalue weighted by molar-refractivity contribution is -0.145. The number of benzene rings is 3. The number of ether oxygens (including phenoxy) is 5. The molecule has 1 saturated carbocycles. The van der Waals surface area contributed by atoms with Crippen LogP contribution >= 0.6 is 0 Å². The Morgan fingerprint density at radius 2 is 1.18 bits per heavy atom. The molecule has 0 radical (unpaired) electrons. The third-order valence-electron chi connectivity index (χ3n) is 14.5. The highest BCUT2D eigenvalue weighted by atomic mass is 32.2. The van der Waals surface area contributed by atoms with Gasteiger partial charge in [-0.15, -0.1) is 0 Å². The van der Waals surface area contributed by atoms with Crippen LogP contribution in [0.4, 0.5) is 26.7 Å². The molecular weight excluding hydrogens is 1100 g/mol. The zero-order valence-corrected chi connectivity index (χ0v) is 51.4. The lowest BCUT2D eigenvalue weighted by atomic mass is 9.81. The molecule has 460 valence electrons. The van der Waals surface area contributed by atoms with Gasteiger partial charge in [0.1, 0.15) is 22.8 Å². The minimum absolute atomic E-state index is 0.0851. The molecule has 3 unspecified atom stereocenters. The van der Waals surface area contributed by atoms with E-state index in [1.54, 1.807) is 77.9 Å². The third-order valence-corrected chi connectivity index (χ3v) is 15.2. The number of carbonyl (C=O) groups excluding carboxylic acids is 9. The number of amides is 7. The van der Waals surface area contributed by atoms with Crippen LogP contribution in [0.3, 0.4) is 0 Å². The summed E-state index contributed by atoms with van der Waals surface area (Å²) < 4.78 is 46.2. The maximum absolute atomic E-state index is 13.9. The molecule has 1 aliphatic carbocycles. The lowest BCUT2D eigenvalue weighted by Crippen LogP contribution is -2.56. The van der Waals surface area contributed by atoms with Gasteiger partial charge in [-0.1, -0.05) is 126 Å². The molecule has 1 spiro atoms. The van der Waals surface area contributed by atoms with Crippen LogP contribution in [0.1, 0.15) is 169 Å². The lowest BCUT2D eigenvalue weighted by Gasteiger charge is -2.32. The number of imide groups is 2. The van der Waals surface area contributed by atoms with Crippen molar-refractivity contribution < 1.29 is 75.2 Å². The van der Waals surface area contributed by atoms with Gasteiger partial charge in [0.2, 0.25) is 0 Å². The molecule has 4 N–H and O–H groups in total. The Morgan fingerprint density at radius 3 is 1.69 bits per heavy atom. The summed E-state index contributed by atoms with van der Waals surface area (Å²) in [7, 11) is 4.15. The van der Waals surface area contributed by atoms with Gasteiger partial charge in [-0.2, -0.15) is 0 Å². The number of unbranched alkanes of at least 4 members (excludes halogenated alkanes) is 9. The first kappa shape index (κ1) is 67.4. The molecule has 7 amide bonds. The number of methoxy groups -OCH3 is 2. The number of hydrogen-bond acceptors (Lipinski definition) is 16. The second-order valence-corrected chi connectivity index (χ2v) is 24.5. The van der Waals surface area contributed by atoms with E-state index in [1.807, 2.05) is 0 Å². The Bertz CT molecular complexity index is 2890. The summed E-state index contributed by atoms with van der Waals surface area (Å²) >= 11 is -1.70. The van der Waals surface area contributed by atoms with Gasteiger partial charge in [0, 0.05) is 22.6 Å². The quantitative estimate of drug-likeness (QED) is 0.0239. The predicted molar refractivity (Wildman–Crippen MR) is 316 cm³/mol. The van der Waals surface area contributed by atoms with Crippen molar-refractivity contribution in [2.24, 2.45) is 10.8 Å². The van der Waals surface area contributed by atoms with Crippen molar-refractivity contribution in [3.63, 3.8) is 0 Å². The standard InChI is InChI=1S/C32H48N2O8.C29H36N4O8S/c1-8-9-10-11-12-13-14-15-16-17-20-41-28(37)22-18-19-24(40-7)23(21-22)33-27(36)25(26(35)31(2,3)4)34-29(38)32(5,6)42-30(34)39;1-28(2,3)24(34)23(33-26(36)29(31-27(33)37)15-7-6-8-16-29)25(35)30-21-17-20(39-4)13-14-22(21)41-19-11-9-18(10-12-19)32-42(38)40-5/h18-19,21,25H,8-17,20H2,1-7H3,(H,33,36);9-14,17,23,32H,6-8,15-16H2,1-5H3,(H,30,35)(H,31,37). The number of Topliss-reactive ketones (excluding diaryl/α,β-unsaturated/α-hetero) is 2. The van der Waals surface area contributed by atoms with Gasteiger partial charge < -0.3 is 39.6 Å². The molecule has 2 aliphatic heterocycles. The van der Waals surface area contributed by atoms with Gasteiger partial charge in [-0.05, 0) is 87.7 Å². The molecule has 23 heteroatoms. The van der Waals surface area contributed by atoms with Gasteiger partial charge in [0.05, 0.1) is 44.9 Å². The number of nitrogens with one attached hydrogen (secondary N) is 4. The van der Waals surface area contributed by atoms with Gasteiger partial charge in [-0.3, -0.25) is 37.7 Å². The number of nitrogens with zero attached hydrogens (tertiary/aromatic N) is 2. The van der Waals surface area contributed by atoms with E-state index in [0.29, 0.717) is 34.9 Å². The van der Waals surface area contributed by atoms with Gasteiger partial charge in [0.15, 0.2) is 35.0 Å². The molecule has 6 rings (SSSR count). The van der Waals surface area contributed by atoms with Crippen molar-refractivity contribution in [1.29, 1.82) is 0 Å². The highest BCUT2D eigenvalue weighted by Gasteiger charge is 2.58. The van der Waals surface area contributed by atoms with Crippen molar-refractivity contribution in [1.82, 2.24) is 15.1 Å². The maximum Gasteiger partial charge on any atom is 0.418 e. The highest BCUT2D eigenvalue weighted by molar-refractivity contribution is 7.81. The highest BCUT2D eigenvalue weighted by Crippen LogP contribution is 2.38. The topological polar surface area (TPSA) is 281 Å². The van der Waals surface area contributed by atoms with E-state index >= 15 is 0 Å². The van der Waals surface area contributed by atoms with E-state index in [2.05, 4.69) is 27.6 Å². The molecule has 3 aromatic carbocycles. The Morgan fingerprint density at radius 1 is 0.655 bits per heavy atom. The first-order valence-electron chi connectivity index (χ1n) is 28.6. The smallest absolute Gasteiger partial charge is 0.418 e. The van der Waals surface area contributed by atoms with E-state index in [4.69, 9.17) is 27.9 Å². The molecule has 2 saturated heterocycles. The van der Waals surface area contributed by atoms with Gasteiger partial charge in [0.25, 0.3) is 34.9 Å². The molecule has 84 heavy (non-hydrogen) atoms. The van der Waals surface area contributed by atoms with Crippen LogP contribution in [-0.2, 0) is 53.7 Å². The Hall–Kier alpha value is -7.40. The fourth-order valence-electron chi connectivity index (χ4n) is 9.66. The number of urea groups is 1. The average molecular weight is 1190 g/mol. The van der Waals surface area contributed by atoms with Crippen molar-refractivity contribution in [3.8, 4) is 23.0 Å². The van der Waals surface area contributed by atoms with Gasteiger partial charge in [-0.25, -0.2) is 28.4 Å². The fourth-order valence-corrected chi connectivity index (χ4v) is 10.1. The van der Waals surface area contributed by atoms with Crippen LogP contribution in [0.2, 0.25) is 0 Å². The van der Waals surface area contributed by atoms with Crippen LogP contribution in [0.5, 0.6) is 23.0 Å². The zero-order valence-electron chi connectivity index (χ0n) is 50.6. The number of hydrogen-bond donors (Lipinski definition) is 4. The van der Waals surface area contributed by atoms with Crippen LogP contribution in [0.25, 0.3) is 0 Å². The summed E-state index contributed by atoms with van der Waals surface area (Å²) in [6.07, 6.45) is 14.0. The van der Waals surface area contributed by atoms with Gasteiger partial charge >= 0.3 is 18.1 Å². The number of anilines is 3. The third kappa shape index (κ3) is 17.6. The summed E-state index contributed by atoms with van der Waals surface area (Å²) in [5, 5.41) is 8.06. The first-order chi connectivity index (χ1) is 39.6. The molecule has 3 aromatic rings. The minimum atomic E-state index is -1.79. The molecule has 3 atom stereocenters. The van der Waals surface area contributed by atoms with Crippen molar-refractivity contribution >= 4 is 81.6 Å². The summed E-state index contributed by atoms with van der Waals surface area (Å²) in [5.74, 6) is -3.75. The Balaban J connectivity index is 0.000000307. The second-order valence-electron chi connectivity index (χ2n) is 23.5. The number of rotatable bonds is 27. The van der Waals surface area contributed by atoms with Crippen molar-refractivity contribution in [2.45, 2.75) is 182 Å². The number of ketones is 2. The summed E-state index contributed by atoms with van der Waals surface area (Å²) in [6.45, 7) is 14.9. The minimum Gasteiger partial charge on any atom is -0.497 e. The number of cyclic esters (lactones) is 1. The largest absolute Gasteiger partial charge is 0.497 e. The molecular formula is C61H84N6O16S. The Labute approximate surface area is 495 Å². The monoisotopic (exact) mass is 1190 g/mol. The first-order valence-corrected chi connectivity index (χ1v) is 29.7. The van der Waals surface area contributed by atoms with E-state index in [-0.39, 0.29) is 35.0 Å². The molecule has 0 bridgehead atoms. The van der Waals surface area contributed by atoms with Crippen LogP contribution in [0.15, 0.2) is 60.7 Å². The van der Waals surface area contributed by atoms with Crippen molar-refractivity contribution in [2.75, 3.05) is 43.3 Å². The second kappa shape index (κ2) is 29.9. The average Bonchev–Trinajstić information content (AvgIpc) is 2.29. The SMILES string of the molecule is CCCCCCCCCCCCOC(=O)c1ccc(OC)c(NC(=O)C(C(=O)C(C)(C)C)N2C(=O)OC(C)(C)C2=O)c1.COc1ccc(Oc2ccc(NS(=O)OC)cc2)c(NC(=O)C(C(=O)C(C)(C)C)N2C(=O)NC3(CCCCC3)C2=O)c1. The van der Waals surface area contributed by atoms with E-state index in [9.17, 15) is 47.4 Å².